The minimum atomic E-state index is 0.293. The molecule has 1 unspecified atom stereocenters. The first-order chi connectivity index (χ1) is 9.65. The Morgan fingerprint density at radius 1 is 1.15 bits per heavy atom. The van der Waals surface area contributed by atoms with Crippen LogP contribution in [0.2, 0.25) is 5.02 Å². The molecule has 2 rings (SSSR count). The number of anilines is 1. The molecule has 0 heterocycles. The van der Waals surface area contributed by atoms with Gasteiger partial charge in [0.1, 0.15) is 0 Å². The molecule has 0 aliphatic carbocycles. The predicted molar refractivity (Wildman–Crippen MR) is 88.5 cm³/mol. The summed E-state index contributed by atoms with van der Waals surface area (Å²) in [5.41, 5.74) is 2.11. The Kier molecular flexibility index (Phi) is 5.39. The summed E-state index contributed by atoms with van der Waals surface area (Å²) in [6, 6.07) is 17.6. The molecule has 2 nitrogen and oxygen atoms in total. The predicted octanol–water partition coefficient (Wildman–Crippen LogP) is 4.86. The van der Waals surface area contributed by atoms with Gasteiger partial charge in [-0.25, -0.2) is 0 Å². The van der Waals surface area contributed by atoms with Crippen molar-refractivity contribution >= 4 is 34.7 Å². The van der Waals surface area contributed by atoms with Gasteiger partial charge in [-0.1, -0.05) is 48.9 Å². The third-order valence-corrected chi connectivity index (χ3v) is 3.40. The normalized spacial score (nSPS) is 11.7. The molecule has 0 saturated carbocycles. The van der Waals surface area contributed by atoms with Gasteiger partial charge in [-0.15, -0.1) is 0 Å². The molecule has 0 bridgehead atoms. The Morgan fingerprint density at radius 3 is 2.45 bits per heavy atom. The highest BCUT2D eigenvalue weighted by Crippen LogP contribution is 2.16. The lowest BCUT2D eigenvalue weighted by atomic mass is 10.0. The van der Waals surface area contributed by atoms with Crippen LogP contribution in [0.25, 0.3) is 0 Å². The number of thiocarbonyl (C=S) groups is 1. The molecule has 0 aliphatic rings. The summed E-state index contributed by atoms with van der Waals surface area (Å²) in [7, 11) is 0. The molecule has 0 saturated heterocycles. The van der Waals surface area contributed by atoms with Crippen LogP contribution in [0.15, 0.2) is 54.6 Å². The molecule has 104 valence electrons. The number of hydrogen-bond acceptors (Lipinski definition) is 2. The molecule has 0 aliphatic heterocycles. The third kappa shape index (κ3) is 4.51. The Hall–Kier alpha value is -1.58. The summed E-state index contributed by atoms with van der Waals surface area (Å²) in [6.07, 6.45) is 0. The quantitative estimate of drug-likeness (QED) is 0.815. The minimum absolute atomic E-state index is 0.293. The van der Waals surface area contributed by atoms with E-state index < -0.39 is 0 Å². The first-order valence-electron chi connectivity index (χ1n) is 6.39. The lowest BCUT2D eigenvalue weighted by Crippen LogP contribution is -2.16. The van der Waals surface area contributed by atoms with E-state index in [9.17, 15) is 0 Å². The van der Waals surface area contributed by atoms with Gasteiger partial charge >= 0.3 is 0 Å². The fourth-order valence-electron chi connectivity index (χ4n) is 1.77. The van der Waals surface area contributed by atoms with Crippen LogP contribution in [-0.2, 0) is 4.74 Å². The summed E-state index contributed by atoms with van der Waals surface area (Å²) in [5, 5.41) is 4.09. The molecule has 4 heteroatoms. The second kappa shape index (κ2) is 7.27. The molecule has 2 aromatic rings. The molecule has 0 fully saturated rings. The highest BCUT2D eigenvalue weighted by atomic mass is 35.5. The highest BCUT2D eigenvalue weighted by molar-refractivity contribution is 7.80. The van der Waals surface area contributed by atoms with Crippen LogP contribution in [-0.4, -0.2) is 11.8 Å². The summed E-state index contributed by atoms with van der Waals surface area (Å²) < 4.78 is 5.58. The fraction of sp³-hybridized carbons (Fsp3) is 0.188. The van der Waals surface area contributed by atoms with Gasteiger partial charge in [0.2, 0.25) is 0 Å². The monoisotopic (exact) mass is 305 g/mol. The van der Waals surface area contributed by atoms with Crippen molar-refractivity contribution in [3.63, 3.8) is 0 Å². The van der Waals surface area contributed by atoms with Crippen molar-refractivity contribution in [1.29, 1.82) is 0 Å². The standard InChI is InChI=1S/C16H16ClNOS/c1-12(13-5-3-2-4-6-13)11-19-16(20)18-15-9-7-14(17)8-10-15/h2-10,12H,11H2,1H3,(H,18,20). The summed E-state index contributed by atoms with van der Waals surface area (Å²) in [5.74, 6) is 0.293. The number of nitrogens with one attached hydrogen (secondary N) is 1. The van der Waals surface area contributed by atoms with Crippen molar-refractivity contribution in [3.05, 3.63) is 65.2 Å². The summed E-state index contributed by atoms with van der Waals surface area (Å²) >= 11 is 11.0. The molecular formula is C16H16ClNOS. The number of hydrogen-bond donors (Lipinski definition) is 1. The zero-order chi connectivity index (χ0) is 14.4. The number of halogens is 1. The van der Waals surface area contributed by atoms with E-state index in [1.54, 1.807) is 12.1 Å². The smallest absolute Gasteiger partial charge is 0.261 e. The van der Waals surface area contributed by atoms with E-state index in [0.29, 0.717) is 22.7 Å². The van der Waals surface area contributed by atoms with Gasteiger partial charge < -0.3 is 10.1 Å². The maximum atomic E-state index is 5.83. The Morgan fingerprint density at radius 2 is 1.80 bits per heavy atom. The van der Waals surface area contributed by atoms with Crippen LogP contribution in [0.1, 0.15) is 18.4 Å². The first kappa shape index (κ1) is 14.8. The lowest BCUT2D eigenvalue weighted by Gasteiger charge is -2.14. The molecule has 0 spiro atoms. The van der Waals surface area contributed by atoms with Crippen molar-refractivity contribution in [3.8, 4) is 0 Å². The number of rotatable bonds is 4. The van der Waals surface area contributed by atoms with Crippen LogP contribution in [0.5, 0.6) is 0 Å². The average molecular weight is 306 g/mol. The lowest BCUT2D eigenvalue weighted by molar-refractivity contribution is 0.290. The molecular weight excluding hydrogens is 290 g/mol. The van der Waals surface area contributed by atoms with Crippen molar-refractivity contribution in [2.75, 3.05) is 11.9 Å². The third-order valence-electron chi connectivity index (χ3n) is 2.92. The van der Waals surface area contributed by atoms with Crippen molar-refractivity contribution in [1.82, 2.24) is 0 Å². The second-order valence-electron chi connectivity index (χ2n) is 4.54. The van der Waals surface area contributed by atoms with Gasteiger partial charge in [0.15, 0.2) is 0 Å². The maximum absolute atomic E-state index is 5.83. The van der Waals surface area contributed by atoms with Crippen molar-refractivity contribution in [2.24, 2.45) is 0 Å². The summed E-state index contributed by atoms with van der Waals surface area (Å²) in [6.45, 7) is 2.66. The van der Waals surface area contributed by atoms with Gasteiger partial charge in [-0.2, -0.15) is 0 Å². The second-order valence-corrected chi connectivity index (χ2v) is 5.35. The molecule has 1 N–H and O–H groups in total. The van der Waals surface area contributed by atoms with Gasteiger partial charge in [0.25, 0.3) is 5.17 Å². The average Bonchev–Trinajstić information content (AvgIpc) is 2.48. The zero-order valence-corrected chi connectivity index (χ0v) is 12.7. The van der Waals surface area contributed by atoms with E-state index in [0.717, 1.165) is 5.69 Å². The van der Waals surface area contributed by atoms with E-state index >= 15 is 0 Å². The Labute approximate surface area is 129 Å². The number of benzene rings is 2. The molecule has 0 radical (unpaired) electrons. The van der Waals surface area contributed by atoms with Crippen LogP contribution < -0.4 is 5.32 Å². The maximum Gasteiger partial charge on any atom is 0.261 e. The van der Waals surface area contributed by atoms with Crippen LogP contribution in [0.4, 0.5) is 5.69 Å². The minimum Gasteiger partial charge on any atom is -0.470 e. The Bertz CT molecular complexity index is 556. The highest BCUT2D eigenvalue weighted by Gasteiger charge is 2.07. The van der Waals surface area contributed by atoms with Crippen molar-refractivity contribution < 1.29 is 4.74 Å². The van der Waals surface area contributed by atoms with Gasteiger partial charge in [-0.05, 0) is 42.0 Å². The summed E-state index contributed by atoms with van der Waals surface area (Å²) in [4.78, 5) is 0. The molecule has 1 atom stereocenters. The SMILES string of the molecule is CC(COC(=S)Nc1ccc(Cl)cc1)c1ccccc1. The first-order valence-corrected chi connectivity index (χ1v) is 7.18. The fourth-order valence-corrected chi connectivity index (χ4v) is 2.08. The van der Waals surface area contributed by atoms with Crippen LogP contribution in [0.3, 0.4) is 0 Å². The zero-order valence-electron chi connectivity index (χ0n) is 11.2. The Balaban J connectivity index is 1.82. The molecule has 20 heavy (non-hydrogen) atoms. The van der Waals surface area contributed by atoms with E-state index in [-0.39, 0.29) is 0 Å². The van der Waals surface area contributed by atoms with E-state index in [2.05, 4.69) is 24.4 Å². The topological polar surface area (TPSA) is 21.3 Å². The van der Waals surface area contributed by atoms with E-state index in [1.807, 2.05) is 30.3 Å². The largest absolute Gasteiger partial charge is 0.470 e. The van der Waals surface area contributed by atoms with E-state index in [1.165, 1.54) is 5.56 Å². The van der Waals surface area contributed by atoms with Gasteiger partial charge in [0, 0.05) is 16.6 Å². The molecule has 2 aromatic carbocycles. The van der Waals surface area contributed by atoms with Crippen molar-refractivity contribution in [2.45, 2.75) is 12.8 Å². The van der Waals surface area contributed by atoms with E-state index in [4.69, 9.17) is 28.6 Å². The molecule has 0 amide bonds. The van der Waals surface area contributed by atoms with Gasteiger partial charge in [0.05, 0.1) is 6.61 Å². The number of ether oxygens (including phenoxy) is 1. The molecule has 0 aromatic heterocycles. The van der Waals surface area contributed by atoms with Gasteiger partial charge in [-0.3, -0.25) is 0 Å². The van der Waals surface area contributed by atoms with Crippen LogP contribution >= 0.6 is 23.8 Å². The van der Waals surface area contributed by atoms with Crippen LogP contribution in [0, 0.1) is 0 Å².